The van der Waals surface area contributed by atoms with Gasteiger partial charge in [-0.05, 0) is 22.0 Å². The first-order valence-electron chi connectivity index (χ1n) is 4.91. The van der Waals surface area contributed by atoms with Gasteiger partial charge in [0.25, 0.3) is 5.91 Å². The van der Waals surface area contributed by atoms with Crippen molar-refractivity contribution in [1.82, 2.24) is 9.97 Å². The molecule has 0 saturated heterocycles. The Labute approximate surface area is 120 Å². The van der Waals surface area contributed by atoms with Crippen molar-refractivity contribution in [1.29, 1.82) is 0 Å². The molecule has 0 aliphatic carbocycles. The second-order valence-corrected chi connectivity index (χ2v) is 4.67. The van der Waals surface area contributed by atoms with E-state index in [4.69, 9.17) is 11.6 Å². The van der Waals surface area contributed by atoms with Gasteiger partial charge in [-0.1, -0.05) is 11.6 Å². The van der Waals surface area contributed by atoms with Gasteiger partial charge in [0.1, 0.15) is 22.5 Å². The molecular weight excluding hydrogens is 343 g/mol. The number of nitrogens with zero attached hydrogens (tertiary/aromatic N) is 2. The van der Waals surface area contributed by atoms with Gasteiger partial charge in [-0.15, -0.1) is 0 Å². The molecule has 0 atom stereocenters. The average molecular weight is 349 g/mol. The van der Waals surface area contributed by atoms with Gasteiger partial charge in [0, 0.05) is 6.07 Å². The summed E-state index contributed by atoms with van der Waals surface area (Å²) in [5, 5.41) is 2.21. The van der Waals surface area contributed by atoms with E-state index >= 15 is 0 Å². The number of carbonyl (C=O) groups excluding carboxylic acids is 1. The lowest BCUT2D eigenvalue weighted by Gasteiger charge is -2.07. The lowest BCUT2D eigenvalue weighted by Crippen LogP contribution is -2.15. The zero-order valence-electron chi connectivity index (χ0n) is 9.12. The van der Waals surface area contributed by atoms with Crippen molar-refractivity contribution >= 4 is 39.1 Å². The summed E-state index contributed by atoms with van der Waals surface area (Å²) in [7, 11) is 0. The summed E-state index contributed by atoms with van der Waals surface area (Å²) in [6.45, 7) is 0. The highest BCUT2D eigenvalue weighted by molar-refractivity contribution is 9.10. The van der Waals surface area contributed by atoms with E-state index in [1.807, 2.05) is 0 Å². The minimum absolute atomic E-state index is 0.0232. The summed E-state index contributed by atoms with van der Waals surface area (Å²) >= 11 is 8.41. The van der Waals surface area contributed by atoms with E-state index in [2.05, 4.69) is 31.2 Å². The van der Waals surface area contributed by atoms with Crippen LogP contribution in [0.1, 0.15) is 10.5 Å². The molecule has 0 spiro atoms. The number of rotatable bonds is 2. The molecule has 0 radical (unpaired) electrons. The Hall–Kier alpha value is -1.60. The van der Waals surface area contributed by atoms with Crippen LogP contribution in [-0.2, 0) is 0 Å². The molecule has 4 nitrogen and oxygen atoms in total. The fraction of sp³-hybridized carbons (Fsp3) is 0. The maximum absolute atomic E-state index is 13.5. The number of hydrogen-bond acceptors (Lipinski definition) is 3. The molecule has 0 fully saturated rings. The van der Waals surface area contributed by atoms with Gasteiger partial charge in [-0.2, -0.15) is 0 Å². The molecule has 98 valence electrons. The monoisotopic (exact) mass is 347 g/mol. The third-order valence-corrected chi connectivity index (χ3v) is 2.89. The smallest absolute Gasteiger partial charge is 0.276 e. The molecule has 0 aliphatic rings. The van der Waals surface area contributed by atoms with Crippen molar-refractivity contribution in [3.05, 3.63) is 51.5 Å². The Kier molecular flexibility index (Phi) is 4.06. The highest BCUT2D eigenvalue weighted by Crippen LogP contribution is 2.23. The Morgan fingerprint density at radius 2 is 2.00 bits per heavy atom. The molecule has 2 rings (SSSR count). The quantitative estimate of drug-likeness (QED) is 0.846. The Morgan fingerprint density at radius 3 is 2.68 bits per heavy atom. The number of anilines is 1. The SMILES string of the molecule is O=C(Nc1cc(F)c(Br)cc1F)c1cncc(Cl)n1. The summed E-state index contributed by atoms with van der Waals surface area (Å²) in [4.78, 5) is 19.1. The molecule has 0 saturated carbocycles. The molecular formula is C11H5BrClF2N3O. The van der Waals surface area contributed by atoms with Gasteiger partial charge in [-0.3, -0.25) is 9.78 Å². The van der Waals surface area contributed by atoms with Crippen LogP contribution in [0.2, 0.25) is 5.15 Å². The number of halogens is 4. The second kappa shape index (κ2) is 5.58. The predicted octanol–water partition coefficient (Wildman–Crippen LogP) is 3.42. The first-order valence-corrected chi connectivity index (χ1v) is 6.08. The van der Waals surface area contributed by atoms with Gasteiger partial charge in [0.05, 0.1) is 22.6 Å². The van der Waals surface area contributed by atoms with Crippen LogP contribution < -0.4 is 5.32 Å². The number of nitrogens with one attached hydrogen (secondary N) is 1. The van der Waals surface area contributed by atoms with Crippen LogP contribution in [0.3, 0.4) is 0 Å². The van der Waals surface area contributed by atoms with Gasteiger partial charge < -0.3 is 5.32 Å². The van der Waals surface area contributed by atoms with Crippen LogP contribution >= 0.6 is 27.5 Å². The third kappa shape index (κ3) is 3.24. The van der Waals surface area contributed by atoms with Crippen LogP contribution in [0, 0.1) is 11.6 Å². The fourth-order valence-electron chi connectivity index (χ4n) is 1.26. The standard InChI is InChI=1S/C11H5BrClF2N3O/c12-5-1-7(15)8(2-6(5)14)18-11(19)9-3-16-4-10(13)17-9/h1-4H,(H,18,19). The Morgan fingerprint density at radius 1 is 1.26 bits per heavy atom. The van der Waals surface area contributed by atoms with E-state index in [1.165, 1.54) is 6.20 Å². The number of hydrogen-bond donors (Lipinski definition) is 1. The van der Waals surface area contributed by atoms with Gasteiger partial charge in [0.2, 0.25) is 0 Å². The summed E-state index contributed by atoms with van der Waals surface area (Å²) in [5.74, 6) is -2.22. The minimum Gasteiger partial charge on any atom is -0.318 e. The average Bonchev–Trinajstić information content (AvgIpc) is 2.36. The zero-order chi connectivity index (χ0) is 14.0. The van der Waals surface area contributed by atoms with Gasteiger partial charge in [0.15, 0.2) is 0 Å². The number of carbonyl (C=O) groups is 1. The molecule has 1 heterocycles. The lowest BCUT2D eigenvalue weighted by atomic mass is 10.3. The van der Waals surface area contributed by atoms with E-state index in [0.29, 0.717) is 0 Å². The fourth-order valence-corrected chi connectivity index (χ4v) is 1.72. The predicted molar refractivity (Wildman–Crippen MR) is 69.1 cm³/mol. The normalized spacial score (nSPS) is 10.3. The van der Waals surface area contributed by atoms with E-state index in [-0.39, 0.29) is 21.0 Å². The van der Waals surface area contributed by atoms with E-state index in [9.17, 15) is 13.6 Å². The molecule has 1 aromatic carbocycles. The van der Waals surface area contributed by atoms with Crippen LogP contribution in [-0.4, -0.2) is 15.9 Å². The van der Waals surface area contributed by atoms with Crippen LogP contribution in [0.5, 0.6) is 0 Å². The summed E-state index contributed by atoms with van der Waals surface area (Å²) in [6, 6.07) is 1.77. The van der Waals surface area contributed by atoms with Gasteiger partial charge >= 0.3 is 0 Å². The van der Waals surface area contributed by atoms with Crippen molar-refractivity contribution in [2.75, 3.05) is 5.32 Å². The maximum atomic E-state index is 13.5. The van der Waals surface area contributed by atoms with Crippen molar-refractivity contribution < 1.29 is 13.6 Å². The molecule has 1 aromatic heterocycles. The Balaban J connectivity index is 2.27. The van der Waals surface area contributed by atoms with E-state index in [1.54, 1.807) is 0 Å². The maximum Gasteiger partial charge on any atom is 0.276 e. The van der Waals surface area contributed by atoms with Crippen molar-refractivity contribution in [2.45, 2.75) is 0 Å². The topological polar surface area (TPSA) is 54.9 Å². The van der Waals surface area contributed by atoms with E-state index in [0.717, 1.165) is 18.3 Å². The zero-order valence-corrected chi connectivity index (χ0v) is 11.5. The largest absolute Gasteiger partial charge is 0.318 e. The molecule has 1 amide bonds. The molecule has 2 aromatic rings. The van der Waals surface area contributed by atoms with Crippen LogP contribution in [0.4, 0.5) is 14.5 Å². The number of amides is 1. The molecule has 0 bridgehead atoms. The summed E-state index contributed by atoms with van der Waals surface area (Å²) < 4.78 is 26.7. The molecule has 0 aliphatic heterocycles. The Bertz CT molecular complexity index is 654. The number of aromatic nitrogens is 2. The molecule has 8 heteroatoms. The molecule has 0 unspecified atom stereocenters. The lowest BCUT2D eigenvalue weighted by molar-refractivity contribution is 0.102. The van der Waals surface area contributed by atoms with E-state index < -0.39 is 17.5 Å². The van der Waals surface area contributed by atoms with Crippen LogP contribution in [0.25, 0.3) is 0 Å². The van der Waals surface area contributed by atoms with Crippen molar-refractivity contribution in [2.24, 2.45) is 0 Å². The van der Waals surface area contributed by atoms with Crippen molar-refractivity contribution in [3.63, 3.8) is 0 Å². The number of benzene rings is 1. The first kappa shape index (κ1) is 13.8. The minimum atomic E-state index is -0.781. The first-order chi connectivity index (χ1) is 8.97. The van der Waals surface area contributed by atoms with Crippen molar-refractivity contribution in [3.8, 4) is 0 Å². The van der Waals surface area contributed by atoms with Crippen LogP contribution in [0.15, 0.2) is 29.0 Å². The third-order valence-electron chi connectivity index (χ3n) is 2.10. The van der Waals surface area contributed by atoms with Gasteiger partial charge in [-0.25, -0.2) is 13.8 Å². The summed E-state index contributed by atoms with van der Waals surface area (Å²) in [6.07, 6.45) is 2.41. The molecule has 1 N–H and O–H groups in total. The second-order valence-electron chi connectivity index (χ2n) is 3.43. The highest BCUT2D eigenvalue weighted by atomic mass is 79.9. The summed E-state index contributed by atoms with van der Waals surface area (Å²) in [5.41, 5.74) is -0.400. The molecule has 19 heavy (non-hydrogen) atoms. The highest BCUT2D eigenvalue weighted by Gasteiger charge is 2.14.